The molecule has 1 aliphatic rings. The van der Waals surface area contributed by atoms with E-state index < -0.39 is 0 Å². The molecule has 2 aromatic rings. The molecular formula is C22H28O. The predicted molar refractivity (Wildman–Crippen MR) is 97.2 cm³/mol. The summed E-state index contributed by atoms with van der Waals surface area (Å²) in [6.45, 7) is 6.54. The van der Waals surface area contributed by atoms with Crippen LogP contribution in [0, 0.1) is 26.7 Å². The van der Waals surface area contributed by atoms with Crippen LogP contribution in [0.2, 0.25) is 0 Å². The van der Waals surface area contributed by atoms with Gasteiger partial charge >= 0.3 is 0 Å². The summed E-state index contributed by atoms with van der Waals surface area (Å²) >= 11 is 0. The summed E-state index contributed by atoms with van der Waals surface area (Å²) in [5.74, 6) is 1.54. The average molecular weight is 308 g/mol. The van der Waals surface area contributed by atoms with E-state index in [4.69, 9.17) is 0 Å². The molecule has 0 aliphatic heterocycles. The number of phenols is 1. The van der Waals surface area contributed by atoms with Gasteiger partial charge in [0.2, 0.25) is 0 Å². The zero-order chi connectivity index (χ0) is 16.4. The maximum Gasteiger partial charge on any atom is 0.115 e. The molecule has 1 nitrogen and oxygen atoms in total. The van der Waals surface area contributed by atoms with Gasteiger partial charge < -0.3 is 5.11 Å². The van der Waals surface area contributed by atoms with Crippen molar-refractivity contribution in [3.63, 3.8) is 0 Å². The molecule has 1 heteroatoms. The van der Waals surface area contributed by atoms with Gasteiger partial charge in [-0.05, 0) is 73.9 Å². The van der Waals surface area contributed by atoms with E-state index >= 15 is 0 Å². The third-order valence-electron chi connectivity index (χ3n) is 5.47. The number of hydrogen-bond acceptors (Lipinski definition) is 1. The van der Waals surface area contributed by atoms with Crippen molar-refractivity contribution in [1.29, 1.82) is 0 Å². The molecule has 0 spiro atoms. The fourth-order valence-corrected chi connectivity index (χ4v) is 4.33. The molecule has 1 unspecified atom stereocenters. The lowest BCUT2D eigenvalue weighted by molar-refractivity contribution is 0.326. The number of hydrogen-bond donors (Lipinski definition) is 1. The van der Waals surface area contributed by atoms with E-state index in [9.17, 15) is 5.11 Å². The fourth-order valence-electron chi connectivity index (χ4n) is 4.33. The summed E-state index contributed by atoms with van der Waals surface area (Å²) < 4.78 is 0. The van der Waals surface area contributed by atoms with E-state index in [1.807, 2.05) is 12.1 Å². The van der Waals surface area contributed by atoms with Crippen molar-refractivity contribution < 1.29 is 5.11 Å². The quantitative estimate of drug-likeness (QED) is 0.734. The molecule has 1 saturated carbocycles. The first-order valence-electron chi connectivity index (χ1n) is 8.93. The Labute approximate surface area is 140 Å². The lowest BCUT2D eigenvalue weighted by Crippen LogP contribution is -2.19. The highest BCUT2D eigenvalue weighted by molar-refractivity contribution is 5.45. The number of aromatic hydroxyl groups is 1. The van der Waals surface area contributed by atoms with E-state index in [0.717, 1.165) is 0 Å². The lowest BCUT2D eigenvalue weighted by Gasteiger charge is -2.33. The zero-order valence-corrected chi connectivity index (χ0v) is 14.6. The van der Waals surface area contributed by atoms with E-state index in [-0.39, 0.29) is 0 Å². The van der Waals surface area contributed by atoms with Gasteiger partial charge in [0.25, 0.3) is 0 Å². The zero-order valence-electron chi connectivity index (χ0n) is 14.6. The number of benzene rings is 2. The van der Waals surface area contributed by atoms with Crippen LogP contribution >= 0.6 is 0 Å². The first-order valence-corrected chi connectivity index (χ1v) is 8.93. The van der Waals surface area contributed by atoms with E-state index in [2.05, 4.69) is 45.0 Å². The van der Waals surface area contributed by atoms with Crippen LogP contribution in [0.5, 0.6) is 5.75 Å². The van der Waals surface area contributed by atoms with E-state index in [1.165, 1.54) is 59.9 Å². The molecule has 1 fully saturated rings. The van der Waals surface area contributed by atoms with Crippen LogP contribution in [-0.4, -0.2) is 5.11 Å². The van der Waals surface area contributed by atoms with Gasteiger partial charge in [0.1, 0.15) is 5.75 Å². The molecule has 122 valence electrons. The predicted octanol–water partition coefficient (Wildman–Crippen LogP) is 6.03. The van der Waals surface area contributed by atoms with Crippen LogP contribution in [0.25, 0.3) is 0 Å². The van der Waals surface area contributed by atoms with Crippen molar-refractivity contribution in [2.75, 3.05) is 0 Å². The molecule has 0 aromatic heterocycles. The van der Waals surface area contributed by atoms with Crippen molar-refractivity contribution in [3.8, 4) is 5.75 Å². The highest BCUT2D eigenvalue weighted by Crippen LogP contribution is 2.43. The maximum absolute atomic E-state index is 9.79. The van der Waals surface area contributed by atoms with Crippen molar-refractivity contribution in [3.05, 3.63) is 64.2 Å². The minimum Gasteiger partial charge on any atom is -0.508 e. The average Bonchev–Trinajstić information content (AvgIpc) is 2.52. The molecule has 0 heterocycles. The monoisotopic (exact) mass is 308 g/mol. The second kappa shape index (κ2) is 6.78. The Balaban J connectivity index is 2.09. The molecule has 1 aliphatic carbocycles. The molecule has 23 heavy (non-hydrogen) atoms. The van der Waals surface area contributed by atoms with Crippen molar-refractivity contribution in [2.24, 2.45) is 5.92 Å². The van der Waals surface area contributed by atoms with Gasteiger partial charge in [-0.1, -0.05) is 49.1 Å². The number of rotatable bonds is 3. The van der Waals surface area contributed by atoms with Crippen LogP contribution in [0.15, 0.2) is 36.4 Å². The minimum absolute atomic E-state index is 0.370. The van der Waals surface area contributed by atoms with Gasteiger partial charge in [0.15, 0.2) is 0 Å². The van der Waals surface area contributed by atoms with Gasteiger partial charge in [0, 0.05) is 5.92 Å². The Morgan fingerprint density at radius 3 is 2.04 bits per heavy atom. The Hall–Kier alpha value is -1.76. The van der Waals surface area contributed by atoms with Crippen LogP contribution < -0.4 is 0 Å². The SMILES string of the molecule is Cc1ccc(C(c2ccc(O)cc2C)C2CCCCC2)c(C)c1. The topological polar surface area (TPSA) is 20.2 Å². The maximum atomic E-state index is 9.79. The Kier molecular flexibility index (Phi) is 4.75. The molecule has 2 aromatic carbocycles. The van der Waals surface area contributed by atoms with Gasteiger partial charge in [-0.15, -0.1) is 0 Å². The standard InChI is InChI=1S/C22H28O/c1-15-9-11-20(16(2)13-15)22(18-7-5-4-6-8-18)21-12-10-19(23)14-17(21)3/h9-14,18,22-23H,4-8H2,1-3H3. The highest BCUT2D eigenvalue weighted by atomic mass is 16.3. The van der Waals surface area contributed by atoms with Crippen molar-refractivity contribution in [2.45, 2.75) is 58.8 Å². The molecule has 0 bridgehead atoms. The summed E-state index contributed by atoms with van der Waals surface area (Å²) in [5.41, 5.74) is 6.79. The van der Waals surface area contributed by atoms with E-state index in [1.54, 1.807) is 0 Å². The number of aryl methyl sites for hydroxylation is 3. The fraction of sp³-hybridized carbons (Fsp3) is 0.455. The minimum atomic E-state index is 0.370. The Morgan fingerprint density at radius 2 is 1.43 bits per heavy atom. The second-order valence-electron chi connectivity index (χ2n) is 7.28. The molecular weight excluding hydrogens is 280 g/mol. The van der Waals surface area contributed by atoms with Crippen LogP contribution in [0.4, 0.5) is 0 Å². The molecule has 1 atom stereocenters. The van der Waals surface area contributed by atoms with Crippen molar-refractivity contribution in [1.82, 2.24) is 0 Å². The van der Waals surface area contributed by atoms with Gasteiger partial charge in [-0.2, -0.15) is 0 Å². The third-order valence-corrected chi connectivity index (χ3v) is 5.47. The molecule has 3 rings (SSSR count). The molecule has 0 radical (unpaired) electrons. The van der Waals surface area contributed by atoms with Crippen LogP contribution in [-0.2, 0) is 0 Å². The van der Waals surface area contributed by atoms with E-state index in [0.29, 0.717) is 17.6 Å². The first-order chi connectivity index (χ1) is 11.1. The van der Waals surface area contributed by atoms with Gasteiger partial charge in [-0.3, -0.25) is 0 Å². The normalized spacial score (nSPS) is 17.2. The molecule has 1 N–H and O–H groups in total. The largest absolute Gasteiger partial charge is 0.508 e. The summed E-state index contributed by atoms with van der Waals surface area (Å²) in [7, 11) is 0. The summed E-state index contributed by atoms with van der Waals surface area (Å²) in [6.07, 6.45) is 6.72. The summed E-state index contributed by atoms with van der Waals surface area (Å²) in [4.78, 5) is 0. The van der Waals surface area contributed by atoms with Gasteiger partial charge in [0.05, 0.1) is 0 Å². The highest BCUT2D eigenvalue weighted by Gasteiger charge is 2.28. The smallest absolute Gasteiger partial charge is 0.115 e. The van der Waals surface area contributed by atoms with Crippen LogP contribution in [0.3, 0.4) is 0 Å². The Bertz CT molecular complexity index is 629. The van der Waals surface area contributed by atoms with Gasteiger partial charge in [-0.25, -0.2) is 0 Å². The lowest BCUT2D eigenvalue weighted by atomic mass is 9.71. The third kappa shape index (κ3) is 3.44. The van der Waals surface area contributed by atoms with Crippen LogP contribution in [0.1, 0.15) is 65.8 Å². The van der Waals surface area contributed by atoms with Crippen molar-refractivity contribution >= 4 is 0 Å². The molecule has 0 amide bonds. The molecule has 0 saturated heterocycles. The summed E-state index contributed by atoms with van der Waals surface area (Å²) in [6, 6.07) is 12.8. The second-order valence-corrected chi connectivity index (χ2v) is 7.28. The number of phenolic OH excluding ortho intramolecular Hbond substituents is 1. The Morgan fingerprint density at radius 1 is 0.826 bits per heavy atom. The first kappa shape index (κ1) is 16.1. The summed E-state index contributed by atoms with van der Waals surface area (Å²) in [5, 5.41) is 9.79.